The molecule has 0 aliphatic carbocycles. The van der Waals surface area contributed by atoms with E-state index >= 15 is 0 Å². The third kappa shape index (κ3) is 64.6. The van der Waals surface area contributed by atoms with Crippen molar-refractivity contribution in [3.63, 3.8) is 0 Å². The molecule has 3 N–H and O–H groups in total. The van der Waals surface area contributed by atoms with Crippen molar-refractivity contribution in [3.05, 3.63) is 0 Å². The van der Waals surface area contributed by atoms with E-state index in [-0.39, 0.29) is 25.7 Å². The molecule has 528 valence electrons. The van der Waals surface area contributed by atoms with Crippen LogP contribution in [0.4, 0.5) is 0 Å². The summed E-state index contributed by atoms with van der Waals surface area (Å²) in [5.74, 6) is -1.33. The van der Waals surface area contributed by atoms with E-state index in [9.17, 15) is 43.2 Å². The van der Waals surface area contributed by atoms with E-state index in [0.717, 1.165) is 95.8 Å². The number of hydrogen-bond donors (Lipinski definition) is 3. The number of carbonyl (C=O) groups excluding carboxylic acids is 4. The predicted octanol–water partition coefficient (Wildman–Crippen LogP) is 20.1. The maximum Gasteiger partial charge on any atom is 0.472 e. The van der Waals surface area contributed by atoms with Crippen molar-refractivity contribution in [2.75, 3.05) is 39.6 Å². The lowest BCUT2D eigenvalue weighted by Gasteiger charge is -2.21. The van der Waals surface area contributed by atoms with Crippen LogP contribution in [0.5, 0.6) is 0 Å². The van der Waals surface area contributed by atoms with Crippen LogP contribution in [0.15, 0.2) is 0 Å². The fourth-order valence-corrected chi connectivity index (χ4v) is 12.2. The highest BCUT2D eigenvalue weighted by molar-refractivity contribution is 7.47. The number of carbonyl (C=O) groups is 4. The molecule has 17 nitrogen and oxygen atoms in total. The summed E-state index contributed by atoms with van der Waals surface area (Å²) in [6.45, 7) is 7.25. The molecule has 0 aromatic carbocycles. The van der Waals surface area contributed by atoms with Gasteiger partial charge in [0.1, 0.15) is 19.3 Å². The molecule has 0 amide bonds. The highest BCUT2D eigenvalue weighted by Crippen LogP contribution is 2.45. The SMILES string of the molecule is CCCCCCCCCCCCCCC(=O)OC[C@H](COP(=O)(O)OC[C@@H](O)COP(=O)(O)OC[C@@H](COC(=O)CCCCCCCCCCCC)OC(=O)CCCCCCCCCCCCC)OC(=O)CCCCCCCCCCCCCCCC(C)C. The number of rotatable bonds is 70. The molecule has 0 fully saturated rings. The molecule has 0 saturated carbocycles. The molecular formula is C70H136O17P2. The van der Waals surface area contributed by atoms with Crippen LogP contribution in [0.2, 0.25) is 0 Å². The summed E-state index contributed by atoms with van der Waals surface area (Å²) in [5.41, 5.74) is 0. The van der Waals surface area contributed by atoms with Gasteiger partial charge >= 0.3 is 39.5 Å². The molecule has 89 heavy (non-hydrogen) atoms. The molecule has 19 heteroatoms. The van der Waals surface area contributed by atoms with Crippen molar-refractivity contribution in [2.45, 2.75) is 380 Å². The number of unbranched alkanes of at least 4 members (excludes halogenated alkanes) is 42. The number of esters is 4. The van der Waals surface area contributed by atoms with Gasteiger partial charge < -0.3 is 33.8 Å². The quantitative estimate of drug-likeness (QED) is 0.0222. The van der Waals surface area contributed by atoms with E-state index in [4.69, 9.17) is 37.0 Å². The topological polar surface area (TPSA) is 237 Å². The van der Waals surface area contributed by atoms with Gasteiger partial charge in [-0.2, -0.15) is 0 Å². The summed E-state index contributed by atoms with van der Waals surface area (Å²) in [5, 5.41) is 10.6. The Hall–Kier alpha value is -1.94. The van der Waals surface area contributed by atoms with Crippen molar-refractivity contribution in [1.29, 1.82) is 0 Å². The van der Waals surface area contributed by atoms with E-state index in [2.05, 4.69) is 34.6 Å². The van der Waals surface area contributed by atoms with Gasteiger partial charge in [0.05, 0.1) is 26.4 Å². The summed E-state index contributed by atoms with van der Waals surface area (Å²) in [7, 11) is -9.90. The Morgan fingerprint density at radius 2 is 0.517 bits per heavy atom. The first kappa shape index (κ1) is 87.1. The van der Waals surface area contributed by atoms with Crippen molar-refractivity contribution in [2.24, 2.45) is 5.92 Å². The Morgan fingerprint density at radius 3 is 0.764 bits per heavy atom. The molecule has 0 aliphatic rings. The first-order chi connectivity index (χ1) is 43.0. The van der Waals surface area contributed by atoms with Gasteiger partial charge in [0, 0.05) is 25.7 Å². The van der Waals surface area contributed by atoms with Gasteiger partial charge in [0.15, 0.2) is 12.2 Å². The standard InChI is InChI=1S/C70H136O17P2/c1-6-9-12-15-18-21-24-30-34-39-44-49-54-68(73)81-60-66(87-70(75)56-51-46-41-36-31-27-25-26-29-32-37-42-47-52-63(4)5)62-85-89(78,79)83-58-64(71)57-82-88(76,77)84-61-65(59-80-67(72)53-48-43-38-33-23-20-17-14-11-8-3)86-69(74)55-50-45-40-35-28-22-19-16-13-10-7-2/h63-66,71H,6-62H2,1-5H3,(H,76,77)(H,78,79)/t64-,65+,66+/m0/s1. The predicted molar refractivity (Wildman–Crippen MR) is 358 cm³/mol. The van der Waals surface area contributed by atoms with Crippen LogP contribution in [0.3, 0.4) is 0 Å². The number of aliphatic hydroxyl groups is 1. The Labute approximate surface area is 543 Å². The monoisotopic (exact) mass is 1310 g/mol. The van der Waals surface area contributed by atoms with Gasteiger partial charge in [0.2, 0.25) is 0 Å². The smallest absolute Gasteiger partial charge is 0.462 e. The van der Waals surface area contributed by atoms with Crippen molar-refractivity contribution in [3.8, 4) is 0 Å². The molecule has 0 heterocycles. The largest absolute Gasteiger partial charge is 0.472 e. The summed E-state index contributed by atoms with van der Waals surface area (Å²) < 4.78 is 68.3. The third-order valence-corrected chi connectivity index (χ3v) is 18.2. The molecule has 0 spiro atoms. The number of aliphatic hydroxyl groups excluding tert-OH is 1. The zero-order valence-corrected chi connectivity index (χ0v) is 59.4. The summed E-state index contributed by atoms with van der Waals surface area (Å²) in [6, 6.07) is 0. The van der Waals surface area contributed by atoms with E-state index in [1.165, 1.54) is 186 Å². The maximum atomic E-state index is 13.0. The first-order valence-electron chi connectivity index (χ1n) is 36.6. The van der Waals surface area contributed by atoms with Crippen molar-refractivity contribution in [1.82, 2.24) is 0 Å². The highest BCUT2D eigenvalue weighted by Gasteiger charge is 2.30. The third-order valence-electron chi connectivity index (χ3n) is 16.3. The average molecular weight is 1310 g/mol. The van der Waals surface area contributed by atoms with Gasteiger partial charge in [-0.1, -0.05) is 311 Å². The van der Waals surface area contributed by atoms with Gasteiger partial charge in [-0.25, -0.2) is 9.13 Å². The second-order valence-electron chi connectivity index (χ2n) is 25.7. The van der Waals surface area contributed by atoms with Crippen LogP contribution >= 0.6 is 15.6 Å². The zero-order valence-electron chi connectivity index (χ0n) is 57.6. The lowest BCUT2D eigenvalue weighted by atomic mass is 10.0. The molecule has 0 aromatic heterocycles. The molecule has 5 atom stereocenters. The molecule has 0 rings (SSSR count). The average Bonchev–Trinajstić information content (AvgIpc) is 3.64. The van der Waals surface area contributed by atoms with Crippen molar-refractivity contribution >= 4 is 39.5 Å². The number of ether oxygens (including phenoxy) is 4. The fourth-order valence-electron chi connectivity index (χ4n) is 10.6. The Morgan fingerprint density at radius 1 is 0.303 bits per heavy atom. The van der Waals surface area contributed by atoms with Gasteiger partial charge in [-0.15, -0.1) is 0 Å². The molecule has 0 bridgehead atoms. The second-order valence-corrected chi connectivity index (χ2v) is 28.7. The minimum Gasteiger partial charge on any atom is -0.462 e. The molecule has 0 saturated heterocycles. The molecular weight excluding hydrogens is 1170 g/mol. The maximum absolute atomic E-state index is 13.0. The molecule has 0 aliphatic heterocycles. The van der Waals surface area contributed by atoms with E-state index in [1.807, 2.05) is 0 Å². The van der Waals surface area contributed by atoms with Crippen molar-refractivity contribution < 1.29 is 80.2 Å². The lowest BCUT2D eigenvalue weighted by Crippen LogP contribution is -2.30. The van der Waals surface area contributed by atoms with Gasteiger partial charge in [0.25, 0.3) is 0 Å². The lowest BCUT2D eigenvalue weighted by molar-refractivity contribution is -0.161. The number of phosphoric ester groups is 2. The summed E-state index contributed by atoms with van der Waals surface area (Å²) >= 11 is 0. The van der Waals surface area contributed by atoms with Crippen LogP contribution in [0, 0.1) is 5.92 Å². The minimum absolute atomic E-state index is 0.107. The first-order valence-corrected chi connectivity index (χ1v) is 39.6. The normalized spacial score (nSPS) is 14.1. The fraction of sp³-hybridized carbons (Fsp3) is 0.943. The Kier molecular flexibility index (Phi) is 62.1. The zero-order chi connectivity index (χ0) is 65.6. The molecule has 0 aromatic rings. The van der Waals surface area contributed by atoms with Crippen LogP contribution < -0.4 is 0 Å². The highest BCUT2D eigenvalue weighted by atomic mass is 31.2. The number of hydrogen-bond acceptors (Lipinski definition) is 15. The summed E-state index contributed by atoms with van der Waals surface area (Å²) in [4.78, 5) is 72.5. The van der Waals surface area contributed by atoms with E-state index < -0.39 is 97.5 Å². The van der Waals surface area contributed by atoms with E-state index in [0.29, 0.717) is 25.7 Å². The van der Waals surface area contributed by atoms with Crippen LogP contribution in [-0.2, 0) is 65.4 Å². The van der Waals surface area contributed by atoms with Crippen LogP contribution in [0.1, 0.15) is 362 Å². The Bertz CT molecular complexity index is 1720. The molecule has 2 unspecified atom stereocenters. The van der Waals surface area contributed by atoms with Crippen LogP contribution in [-0.4, -0.2) is 96.7 Å². The Balaban J connectivity index is 5.23. The van der Waals surface area contributed by atoms with E-state index in [1.54, 1.807) is 0 Å². The second kappa shape index (κ2) is 63.5. The minimum atomic E-state index is -4.95. The van der Waals surface area contributed by atoms with Gasteiger partial charge in [-0.05, 0) is 31.6 Å². The number of phosphoric acid groups is 2. The summed E-state index contributed by atoms with van der Waals surface area (Å²) in [6.07, 6.45) is 49.7. The molecule has 0 radical (unpaired) electrons. The van der Waals surface area contributed by atoms with Crippen LogP contribution in [0.25, 0.3) is 0 Å². The van der Waals surface area contributed by atoms with Gasteiger partial charge in [-0.3, -0.25) is 37.3 Å².